The summed E-state index contributed by atoms with van der Waals surface area (Å²) < 4.78 is 0. The highest BCUT2D eigenvalue weighted by Gasteiger charge is 1.95. The third-order valence-corrected chi connectivity index (χ3v) is 3.09. The molecule has 0 aliphatic rings. The van der Waals surface area contributed by atoms with Gasteiger partial charge in [0.2, 0.25) is 0 Å². The molecule has 22 heavy (non-hydrogen) atoms. The molecule has 0 aromatic heterocycles. The smallest absolute Gasteiger partial charge is 0.122 e. The van der Waals surface area contributed by atoms with E-state index in [1.807, 2.05) is 49.4 Å². The summed E-state index contributed by atoms with van der Waals surface area (Å²) in [6.45, 7) is 1.92. The zero-order valence-corrected chi connectivity index (χ0v) is 12.3. The van der Waals surface area contributed by atoms with Crippen molar-refractivity contribution in [1.82, 2.24) is 0 Å². The van der Waals surface area contributed by atoms with Gasteiger partial charge in [0, 0.05) is 5.56 Å². The van der Waals surface area contributed by atoms with Crippen molar-refractivity contribution in [3.63, 3.8) is 0 Å². The number of allylic oxidation sites excluding steroid dienone is 1. The van der Waals surface area contributed by atoms with Crippen molar-refractivity contribution in [3.05, 3.63) is 72.3 Å². The molecule has 0 saturated heterocycles. The summed E-state index contributed by atoms with van der Waals surface area (Å²) in [6.07, 6.45) is 3.77. The second-order valence-corrected chi connectivity index (χ2v) is 4.77. The number of aromatic hydroxyl groups is 3. The van der Waals surface area contributed by atoms with Crippen molar-refractivity contribution in [2.45, 2.75) is 6.92 Å². The minimum atomic E-state index is 0.216. The topological polar surface area (TPSA) is 60.7 Å². The fourth-order valence-corrected chi connectivity index (χ4v) is 2.03. The lowest BCUT2D eigenvalue weighted by atomic mass is 10.1. The predicted octanol–water partition coefficient (Wildman–Crippen LogP) is 4.68. The minimum absolute atomic E-state index is 0.216. The van der Waals surface area contributed by atoms with Crippen molar-refractivity contribution in [3.8, 4) is 17.2 Å². The van der Waals surface area contributed by atoms with E-state index in [1.165, 1.54) is 0 Å². The molecule has 0 aliphatic heterocycles. The van der Waals surface area contributed by atoms with Gasteiger partial charge in [0.15, 0.2) is 0 Å². The van der Waals surface area contributed by atoms with Gasteiger partial charge in [-0.15, -0.1) is 0 Å². The molecule has 3 heteroatoms. The van der Waals surface area contributed by atoms with Gasteiger partial charge in [0.05, 0.1) is 0 Å². The first-order chi connectivity index (χ1) is 10.6. The molecule has 0 spiro atoms. The lowest BCUT2D eigenvalue weighted by molar-refractivity contribution is 0.473. The Kier molecular flexibility index (Phi) is 5.04. The number of fused-ring (bicyclic) bond motifs is 1. The average molecular weight is 294 g/mol. The maximum atomic E-state index is 9.19. The predicted molar refractivity (Wildman–Crippen MR) is 90.1 cm³/mol. The van der Waals surface area contributed by atoms with E-state index in [-0.39, 0.29) is 11.5 Å². The van der Waals surface area contributed by atoms with Crippen LogP contribution in [0, 0.1) is 0 Å². The molecule has 3 rings (SSSR count). The number of hydrogen-bond acceptors (Lipinski definition) is 3. The van der Waals surface area contributed by atoms with Crippen LogP contribution in [0.15, 0.2) is 66.7 Å². The quantitative estimate of drug-likeness (QED) is 0.611. The summed E-state index contributed by atoms with van der Waals surface area (Å²) in [7, 11) is 0. The van der Waals surface area contributed by atoms with E-state index < -0.39 is 0 Å². The Bertz CT molecular complexity index is 755. The van der Waals surface area contributed by atoms with Crippen LogP contribution >= 0.6 is 0 Å². The summed E-state index contributed by atoms with van der Waals surface area (Å²) in [6, 6.07) is 17.4. The van der Waals surface area contributed by atoms with E-state index in [4.69, 9.17) is 10.2 Å². The highest BCUT2D eigenvalue weighted by molar-refractivity contribution is 5.85. The van der Waals surface area contributed by atoms with Gasteiger partial charge in [0.25, 0.3) is 0 Å². The molecule has 0 atom stereocenters. The van der Waals surface area contributed by atoms with Gasteiger partial charge in [-0.3, -0.25) is 0 Å². The van der Waals surface area contributed by atoms with Gasteiger partial charge < -0.3 is 15.3 Å². The van der Waals surface area contributed by atoms with Crippen LogP contribution in [-0.2, 0) is 0 Å². The van der Waals surface area contributed by atoms with Crippen LogP contribution in [0.4, 0.5) is 0 Å². The van der Waals surface area contributed by atoms with Crippen LogP contribution in [0.1, 0.15) is 12.5 Å². The Balaban J connectivity index is 0.000000164. The second kappa shape index (κ2) is 7.18. The van der Waals surface area contributed by atoms with E-state index >= 15 is 0 Å². The fraction of sp³-hybridized carbons (Fsp3) is 0.0526. The molecule has 3 aromatic rings. The zero-order chi connectivity index (χ0) is 15.9. The molecule has 0 radical (unpaired) electrons. The minimum Gasteiger partial charge on any atom is -0.508 e. The first kappa shape index (κ1) is 15.4. The number of hydrogen-bond donors (Lipinski definition) is 3. The van der Waals surface area contributed by atoms with Crippen LogP contribution in [0.2, 0.25) is 0 Å². The molecule has 0 aliphatic carbocycles. The zero-order valence-electron chi connectivity index (χ0n) is 12.3. The highest BCUT2D eigenvalue weighted by Crippen LogP contribution is 2.23. The molecular weight excluding hydrogens is 276 g/mol. The monoisotopic (exact) mass is 294 g/mol. The van der Waals surface area contributed by atoms with Gasteiger partial charge in [-0.25, -0.2) is 0 Å². The Morgan fingerprint density at radius 1 is 0.727 bits per heavy atom. The van der Waals surface area contributed by atoms with Crippen LogP contribution in [-0.4, -0.2) is 15.3 Å². The van der Waals surface area contributed by atoms with Crippen molar-refractivity contribution in [1.29, 1.82) is 0 Å². The van der Waals surface area contributed by atoms with Gasteiger partial charge >= 0.3 is 0 Å². The molecule has 0 heterocycles. The maximum Gasteiger partial charge on any atom is 0.122 e. The van der Waals surface area contributed by atoms with Crippen LogP contribution < -0.4 is 0 Å². The highest BCUT2D eigenvalue weighted by atomic mass is 16.3. The van der Waals surface area contributed by atoms with E-state index in [0.717, 1.165) is 16.3 Å². The van der Waals surface area contributed by atoms with E-state index in [0.29, 0.717) is 5.75 Å². The van der Waals surface area contributed by atoms with Gasteiger partial charge in [-0.2, -0.15) is 0 Å². The van der Waals surface area contributed by atoms with Crippen molar-refractivity contribution >= 4 is 16.8 Å². The summed E-state index contributed by atoms with van der Waals surface area (Å²) >= 11 is 0. The number of phenolic OH excluding ortho intramolecular Hbond substituents is 3. The normalized spacial score (nSPS) is 10.4. The van der Waals surface area contributed by atoms with Gasteiger partial charge in [-0.05, 0) is 48.0 Å². The molecule has 3 nitrogen and oxygen atoms in total. The number of phenols is 3. The Labute approximate surface area is 129 Å². The van der Waals surface area contributed by atoms with Crippen LogP contribution in [0.5, 0.6) is 17.2 Å². The Morgan fingerprint density at radius 3 is 1.86 bits per heavy atom. The molecule has 0 unspecified atom stereocenters. The van der Waals surface area contributed by atoms with Crippen molar-refractivity contribution < 1.29 is 15.3 Å². The summed E-state index contributed by atoms with van der Waals surface area (Å²) in [4.78, 5) is 0. The van der Waals surface area contributed by atoms with Gasteiger partial charge in [0.1, 0.15) is 17.2 Å². The van der Waals surface area contributed by atoms with Gasteiger partial charge in [-0.1, -0.05) is 42.5 Å². The molecule has 3 N–H and O–H groups in total. The third-order valence-electron chi connectivity index (χ3n) is 3.09. The molecule has 112 valence electrons. The first-order valence-electron chi connectivity index (χ1n) is 6.92. The average Bonchev–Trinajstić information content (AvgIpc) is 2.50. The van der Waals surface area contributed by atoms with E-state index in [2.05, 4.69) is 0 Å². The lowest BCUT2D eigenvalue weighted by Gasteiger charge is -1.98. The Morgan fingerprint density at radius 2 is 1.32 bits per heavy atom. The SMILES string of the molecule is C/C=C\c1ccccc1O.Oc1ccc2ccc(O)cc2c1. The Hall–Kier alpha value is -2.94. The molecule has 0 bridgehead atoms. The molecule has 0 fully saturated rings. The number of benzene rings is 3. The third kappa shape index (κ3) is 4.03. The van der Waals surface area contributed by atoms with E-state index in [9.17, 15) is 5.11 Å². The fourth-order valence-electron chi connectivity index (χ4n) is 2.03. The summed E-state index contributed by atoms with van der Waals surface area (Å²) in [5.74, 6) is 0.766. The summed E-state index contributed by atoms with van der Waals surface area (Å²) in [5, 5.41) is 29.3. The summed E-state index contributed by atoms with van der Waals surface area (Å²) in [5.41, 5.74) is 0.866. The van der Waals surface area contributed by atoms with Crippen LogP contribution in [0.25, 0.3) is 16.8 Å². The van der Waals surface area contributed by atoms with Crippen LogP contribution in [0.3, 0.4) is 0 Å². The molecule has 3 aromatic carbocycles. The standard InChI is InChI=1S/C10H8O2.C9H10O/c11-9-3-1-7-2-4-10(12)6-8(7)5-9;1-2-5-8-6-3-4-7-9(8)10/h1-6,11-12H;2-7,10H,1H3/b;5-2-. The molecule has 0 amide bonds. The largest absolute Gasteiger partial charge is 0.508 e. The number of rotatable bonds is 1. The van der Waals surface area contributed by atoms with Crippen molar-refractivity contribution in [2.75, 3.05) is 0 Å². The lowest BCUT2D eigenvalue weighted by Crippen LogP contribution is -1.71. The second-order valence-electron chi connectivity index (χ2n) is 4.77. The number of para-hydroxylation sites is 1. The van der Waals surface area contributed by atoms with Crippen molar-refractivity contribution in [2.24, 2.45) is 0 Å². The molecular formula is C19H18O3. The van der Waals surface area contributed by atoms with E-state index in [1.54, 1.807) is 30.3 Å². The maximum absolute atomic E-state index is 9.19. The molecule has 0 saturated carbocycles. The first-order valence-corrected chi connectivity index (χ1v) is 6.92.